The molecule has 0 aliphatic carbocycles. The van der Waals surface area contributed by atoms with Crippen molar-refractivity contribution >= 4 is 46.2 Å². The molecule has 75 heavy (non-hydrogen) atoms. The first-order chi connectivity index (χ1) is 36.6. The number of nitrogens with one attached hydrogen (secondary N) is 2. The fourth-order valence-corrected chi connectivity index (χ4v) is 7.49. The third kappa shape index (κ3) is 17.9. The van der Waals surface area contributed by atoms with E-state index >= 15 is 0 Å². The first-order valence-electron chi connectivity index (χ1n) is 24.8. The molecular weight excluding hydrogens is 979 g/mol. The summed E-state index contributed by atoms with van der Waals surface area (Å²) in [4.78, 5) is 83.4. The van der Waals surface area contributed by atoms with Crippen LogP contribution in [0.3, 0.4) is 0 Å². The molecule has 404 valence electrons. The second-order valence-corrected chi connectivity index (χ2v) is 16.5. The van der Waals surface area contributed by atoms with Crippen LogP contribution >= 0.6 is 0 Å². The van der Waals surface area contributed by atoms with E-state index in [0.29, 0.717) is 159 Å². The van der Waals surface area contributed by atoms with Crippen LogP contribution in [0.25, 0.3) is 22.7 Å². The van der Waals surface area contributed by atoms with Crippen LogP contribution in [0.4, 0.5) is 5.69 Å². The Bertz CT molecular complexity index is 2700. The molecule has 4 amide bonds. The lowest BCUT2D eigenvalue weighted by molar-refractivity contribution is -0.136. The highest BCUT2D eigenvalue weighted by molar-refractivity contribution is 6.25. The van der Waals surface area contributed by atoms with Gasteiger partial charge in [-0.15, -0.1) is 0 Å². The van der Waals surface area contributed by atoms with Crippen molar-refractivity contribution in [1.82, 2.24) is 30.0 Å². The molecule has 0 radical (unpaired) electrons. The van der Waals surface area contributed by atoms with Crippen LogP contribution in [-0.2, 0) is 61.0 Å². The van der Waals surface area contributed by atoms with Gasteiger partial charge in [-0.25, -0.2) is 14.6 Å². The molecular formula is C52H65N7O16. The molecule has 5 aromatic rings. The summed E-state index contributed by atoms with van der Waals surface area (Å²) in [5, 5.41) is 9.47. The lowest BCUT2D eigenvalue weighted by Crippen LogP contribution is -2.54. The fourth-order valence-electron chi connectivity index (χ4n) is 7.49. The lowest BCUT2D eigenvalue weighted by atomic mass is 10.0. The van der Waals surface area contributed by atoms with Gasteiger partial charge >= 0.3 is 0 Å². The Morgan fingerprint density at radius 3 is 1.92 bits per heavy atom. The molecule has 1 fully saturated rings. The number of Topliss-reactive ketones (excluding diaryl/α,β-unsaturated/α-hetero) is 1. The number of aromatic nitrogens is 4. The number of carbonyl (C=O) groups is 5. The zero-order chi connectivity index (χ0) is 53.2. The van der Waals surface area contributed by atoms with Crippen molar-refractivity contribution in [3.8, 4) is 17.3 Å². The maximum atomic E-state index is 13.1. The number of fused-ring (bicyclic) bond motifs is 2. The number of rotatable bonds is 33. The van der Waals surface area contributed by atoms with Gasteiger partial charge in [0, 0.05) is 44.8 Å². The van der Waals surface area contributed by atoms with Crippen molar-refractivity contribution < 1.29 is 71.0 Å². The number of ketones is 1. The number of oxazole rings is 1. The Labute approximate surface area is 433 Å². The summed E-state index contributed by atoms with van der Waals surface area (Å²) in [7, 11) is 1.56. The predicted molar refractivity (Wildman–Crippen MR) is 270 cm³/mol. The van der Waals surface area contributed by atoms with Gasteiger partial charge in [-0.3, -0.25) is 39.0 Å². The quantitative estimate of drug-likeness (QED) is 0.0346. The van der Waals surface area contributed by atoms with Gasteiger partial charge in [-0.1, -0.05) is 12.1 Å². The number of piperidine rings is 1. The Morgan fingerprint density at radius 1 is 0.720 bits per heavy atom. The molecule has 23 nitrogen and oxygen atoms in total. The number of nitrogens with zero attached hydrogens (tertiary/aromatic N) is 5. The molecule has 2 aromatic carbocycles. The molecule has 1 saturated heterocycles. The number of imide groups is 2. The Hall–Kier alpha value is -6.83. The van der Waals surface area contributed by atoms with Crippen LogP contribution < -0.4 is 20.9 Å². The summed E-state index contributed by atoms with van der Waals surface area (Å²) in [6, 6.07) is 15.7. The van der Waals surface area contributed by atoms with E-state index in [0.717, 1.165) is 10.5 Å². The Kier molecular flexibility index (Phi) is 23.9. The minimum atomic E-state index is -1.00. The topological polar surface area (TPSA) is 270 Å². The van der Waals surface area contributed by atoms with Gasteiger partial charge in [0.15, 0.2) is 11.4 Å². The van der Waals surface area contributed by atoms with Crippen molar-refractivity contribution in [3.05, 3.63) is 99.6 Å². The molecule has 2 N–H and O–H groups in total. The summed E-state index contributed by atoms with van der Waals surface area (Å²) in [5.74, 6) is -1.31. The van der Waals surface area contributed by atoms with Crippen LogP contribution in [-0.4, -0.2) is 179 Å². The first kappa shape index (κ1) is 57.4. The van der Waals surface area contributed by atoms with Crippen molar-refractivity contribution in [3.63, 3.8) is 0 Å². The highest BCUT2D eigenvalue weighted by atomic mass is 16.6. The zero-order valence-corrected chi connectivity index (χ0v) is 42.5. The molecule has 0 bridgehead atoms. The zero-order valence-electron chi connectivity index (χ0n) is 42.5. The molecule has 0 spiro atoms. The summed E-state index contributed by atoms with van der Waals surface area (Å²) < 4.78 is 55.7. The lowest BCUT2D eigenvalue weighted by Gasteiger charge is -2.27. The molecule has 0 saturated carbocycles. The van der Waals surface area contributed by atoms with Crippen LogP contribution in [0.1, 0.15) is 63.5 Å². The van der Waals surface area contributed by atoms with E-state index in [1.807, 2.05) is 19.9 Å². The Balaban J connectivity index is 0.000000269. The van der Waals surface area contributed by atoms with E-state index in [-0.39, 0.29) is 41.7 Å². The SMILES string of the molecule is CCOCCOCCOCCOCCOCCOCCOCCOCCNc1cccc2c1C(=O)N(C1CCC(=O)NC1=O)C2=O.CCOc1ccc(C(=O)Cc2ccc3oc(-c4ccc(=O)n(C)n4)nc3c2)nc1. The second kappa shape index (κ2) is 31.1. The van der Waals surface area contributed by atoms with Gasteiger partial charge in [-0.05, 0) is 68.3 Å². The summed E-state index contributed by atoms with van der Waals surface area (Å²) in [5.41, 5.74) is 3.53. The highest BCUT2D eigenvalue weighted by Gasteiger charge is 2.45. The number of ether oxygens (including phenoxy) is 9. The van der Waals surface area contributed by atoms with Crippen LogP contribution in [0.2, 0.25) is 0 Å². The third-order valence-corrected chi connectivity index (χ3v) is 11.2. The van der Waals surface area contributed by atoms with Gasteiger partial charge in [0.1, 0.15) is 28.7 Å². The van der Waals surface area contributed by atoms with E-state index in [2.05, 4.69) is 25.7 Å². The van der Waals surface area contributed by atoms with Crippen LogP contribution in [0.5, 0.6) is 5.75 Å². The smallest absolute Gasteiger partial charge is 0.266 e. The molecule has 1 unspecified atom stereocenters. The number of benzene rings is 2. The summed E-state index contributed by atoms with van der Waals surface area (Å²) >= 11 is 0. The Morgan fingerprint density at radius 2 is 1.35 bits per heavy atom. The minimum absolute atomic E-state index is 0.0698. The maximum Gasteiger partial charge on any atom is 0.266 e. The number of hydrogen-bond acceptors (Lipinski definition) is 20. The summed E-state index contributed by atoms with van der Waals surface area (Å²) in [6.45, 7) is 12.6. The second-order valence-electron chi connectivity index (χ2n) is 16.5. The van der Waals surface area contributed by atoms with Gasteiger partial charge in [0.2, 0.25) is 17.7 Å². The van der Waals surface area contributed by atoms with Crippen LogP contribution in [0.15, 0.2) is 76.1 Å². The maximum absolute atomic E-state index is 13.1. The molecule has 1 atom stereocenters. The van der Waals surface area contributed by atoms with Crippen molar-refractivity contribution in [1.29, 1.82) is 0 Å². The predicted octanol–water partition coefficient (Wildman–Crippen LogP) is 3.46. The molecule has 2 aliphatic rings. The minimum Gasteiger partial charge on any atom is -0.492 e. The molecule has 5 heterocycles. The van der Waals surface area contributed by atoms with E-state index in [1.165, 1.54) is 10.7 Å². The van der Waals surface area contributed by atoms with Gasteiger partial charge in [0.25, 0.3) is 17.4 Å². The summed E-state index contributed by atoms with van der Waals surface area (Å²) in [6.07, 6.45) is 1.92. The molecule has 2 aliphatic heterocycles. The normalized spacial score (nSPS) is 14.2. The number of anilines is 1. The van der Waals surface area contributed by atoms with Crippen molar-refractivity contribution in [2.24, 2.45) is 7.05 Å². The number of aryl methyl sites for hydroxylation is 1. The van der Waals surface area contributed by atoms with Gasteiger partial charge < -0.3 is 52.4 Å². The largest absolute Gasteiger partial charge is 0.492 e. The third-order valence-electron chi connectivity index (χ3n) is 11.2. The van der Waals surface area contributed by atoms with Gasteiger partial charge in [-0.2, -0.15) is 5.10 Å². The number of pyridine rings is 1. The standard InChI is InChI=1S/C31H47N3O12.C21H18N4O4/c1-2-39-10-11-41-14-15-43-18-19-45-22-23-46-21-20-44-17-16-42-13-12-40-9-8-32-25-5-3-4-24-28(25)31(38)34(30(24)37)26-6-7-27(35)33-29(26)36;1-3-28-14-5-6-15(22-12-14)18(26)11-13-4-8-19-17(10-13)23-21(29-19)16-7-9-20(27)25(2)24-16/h3-5,26,32H,2,6-23H2,1H3,(H,33,35,36);4-10,12H,3,11H2,1-2H3. The van der Waals surface area contributed by atoms with E-state index < -0.39 is 29.7 Å². The highest BCUT2D eigenvalue weighted by Crippen LogP contribution is 2.32. The van der Waals surface area contributed by atoms with E-state index in [1.54, 1.807) is 61.8 Å². The number of amides is 4. The fraction of sp³-hybridized carbons (Fsp3) is 0.481. The average Bonchev–Trinajstić information content (AvgIpc) is 3.96. The molecule has 3 aromatic heterocycles. The average molecular weight is 1040 g/mol. The first-order valence-corrected chi connectivity index (χ1v) is 24.8. The van der Waals surface area contributed by atoms with Crippen LogP contribution in [0, 0.1) is 0 Å². The van der Waals surface area contributed by atoms with Crippen molar-refractivity contribution in [2.45, 2.75) is 39.2 Å². The number of carbonyl (C=O) groups excluding carboxylic acids is 5. The molecule has 23 heteroatoms. The van der Waals surface area contributed by atoms with E-state index in [4.69, 9.17) is 47.0 Å². The van der Waals surface area contributed by atoms with E-state index in [9.17, 15) is 28.8 Å². The van der Waals surface area contributed by atoms with Gasteiger partial charge in [0.05, 0.1) is 123 Å². The monoisotopic (exact) mass is 1040 g/mol. The molecule has 7 rings (SSSR count). The van der Waals surface area contributed by atoms with Crippen molar-refractivity contribution in [2.75, 3.05) is 124 Å². The number of hydrogen-bond donors (Lipinski definition) is 2.